The molecule has 1 fully saturated rings. The van der Waals surface area contributed by atoms with Crippen molar-refractivity contribution in [1.82, 2.24) is 19.4 Å². The third kappa shape index (κ3) is 6.36. The van der Waals surface area contributed by atoms with Gasteiger partial charge in [0.2, 0.25) is 5.95 Å². The Morgan fingerprint density at radius 1 is 1.15 bits per heavy atom. The van der Waals surface area contributed by atoms with Gasteiger partial charge in [0, 0.05) is 48.3 Å². The van der Waals surface area contributed by atoms with Crippen molar-refractivity contribution in [3.05, 3.63) is 76.9 Å². The molecule has 1 aliphatic heterocycles. The molecule has 1 saturated heterocycles. The van der Waals surface area contributed by atoms with Gasteiger partial charge in [0.15, 0.2) is 11.6 Å². The zero-order chi connectivity index (χ0) is 28.4. The minimum Gasteiger partial charge on any atom is -0.444 e. The highest BCUT2D eigenvalue weighted by molar-refractivity contribution is 6.33. The lowest BCUT2D eigenvalue weighted by molar-refractivity contribution is 0.0158. The summed E-state index contributed by atoms with van der Waals surface area (Å²) in [5, 5.41) is 4.58. The Bertz CT molecular complexity index is 1530. The molecule has 2 aromatic carbocycles. The second-order valence-electron chi connectivity index (χ2n) is 11.1. The summed E-state index contributed by atoms with van der Waals surface area (Å²) in [7, 11) is 0. The highest BCUT2D eigenvalue weighted by atomic mass is 35.5. The number of nitrogens with zero attached hydrogens (tertiary/aromatic N) is 4. The first-order valence-electron chi connectivity index (χ1n) is 13.3. The van der Waals surface area contributed by atoms with Crippen LogP contribution in [-0.2, 0) is 17.8 Å². The minimum atomic E-state index is -0.901. The lowest BCUT2D eigenvalue weighted by Crippen LogP contribution is -2.43. The van der Waals surface area contributed by atoms with Gasteiger partial charge in [-0.15, -0.1) is 0 Å². The smallest absolute Gasteiger partial charge is 0.410 e. The molecule has 40 heavy (non-hydrogen) atoms. The van der Waals surface area contributed by atoms with Crippen LogP contribution in [0.4, 0.5) is 19.5 Å². The number of ether oxygens (including phenoxy) is 1. The maximum atomic E-state index is 13.7. The number of nitrogens with one attached hydrogen (secondary N) is 1. The van der Waals surface area contributed by atoms with Crippen molar-refractivity contribution in [2.75, 3.05) is 18.4 Å². The summed E-state index contributed by atoms with van der Waals surface area (Å²) in [6.07, 6.45) is 3.26. The summed E-state index contributed by atoms with van der Waals surface area (Å²) >= 11 is 6.61. The highest BCUT2D eigenvalue weighted by Crippen LogP contribution is 2.34. The van der Waals surface area contributed by atoms with Gasteiger partial charge >= 0.3 is 6.09 Å². The number of carbonyl (C=O) groups excluding carboxylic acids is 1. The summed E-state index contributed by atoms with van der Waals surface area (Å²) in [5.74, 6) is -1.26. The first kappa shape index (κ1) is 27.8. The molecule has 0 unspecified atom stereocenters. The zero-order valence-corrected chi connectivity index (χ0v) is 23.5. The van der Waals surface area contributed by atoms with Crippen LogP contribution in [0, 0.1) is 17.6 Å². The van der Waals surface area contributed by atoms with Crippen LogP contribution in [0.25, 0.3) is 22.3 Å². The molecule has 1 atom stereocenters. The maximum Gasteiger partial charge on any atom is 0.410 e. The van der Waals surface area contributed by atoms with E-state index in [1.54, 1.807) is 11.1 Å². The van der Waals surface area contributed by atoms with Gasteiger partial charge < -0.3 is 19.5 Å². The Hall–Kier alpha value is -3.72. The molecule has 210 valence electrons. The van der Waals surface area contributed by atoms with Crippen molar-refractivity contribution in [2.45, 2.75) is 52.3 Å². The average Bonchev–Trinajstić information content (AvgIpc) is 3.26. The van der Waals surface area contributed by atoms with Crippen molar-refractivity contribution in [3.8, 4) is 11.3 Å². The van der Waals surface area contributed by atoms with E-state index in [1.807, 2.05) is 51.1 Å². The fraction of sp³-hybridized carbons (Fsp3) is 0.367. The second kappa shape index (κ2) is 11.4. The molecule has 10 heteroatoms. The van der Waals surface area contributed by atoms with Crippen molar-refractivity contribution in [1.29, 1.82) is 0 Å². The minimum absolute atomic E-state index is 0.173. The molecule has 7 nitrogen and oxygen atoms in total. The first-order chi connectivity index (χ1) is 19.1. The van der Waals surface area contributed by atoms with E-state index in [2.05, 4.69) is 14.9 Å². The maximum absolute atomic E-state index is 13.7. The molecule has 2 aromatic heterocycles. The number of hydrogen-bond donors (Lipinski definition) is 1. The molecule has 3 heterocycles. The van der Waals surface area contributed by atoms with Crippen LogP contribution in [0.5, 0.6) is 0 Å². The molecular formula is C30H32ClF2N5O2. The van der Waals surface area contributed by atoms with E-state index in [4.69, 9.17) is 21.3 Å². The number of hydrogen-bond acceptors (Lipinski definition) is 5. The third-order valence-corrected chi connectivity index (χ3v) is 7.16. The summed E-state index contributed by atoms with van der Waals surface area (Å²) in [5.41, 5.74) is 2.50. The number of rotatable bonds is 6. The molecular weight excluding hydrogens is 536 g/mol. The van der Waals surface area contributed by atoms with E-state index >= 15 is 0 Å². The van der Waals surface area contributed by atoms with Gasteiger partial charge in [0.25, 0.3) is 0 Å². The number of carbonyl (C=O) groups is 1. The number of benzene rings is 2. The highest BCUT2D eigenvalue weighted by Gasteiger charge is 2.29. The summed E-state index contributed by atoms with van der Waals surface area (Å²) in [4.78, 5) is 23.8. The Morgan fingerprint density at radius 3 is 2.70 bits per heavy atom. The van der Waals surface area contributed by atoms with Gasteiger partial charge in [-0.05, 0) is 69.4 Å². The predicted octanol–water partition coefficient (Wildman–Crippen LogP) is 7.29. The molecule has 0 saturated carbocycles. The average molecular weight is 568 g/mol. The van der Waals surface area contributed by atoms with E-state index in [0.717, 1.165) is 41.6 Å². The summed E-state index contributed by atoms with van der Waals surface area (Å²) < 4.78 is 34.7. The lowest BCUT2D eigenvalue weighted by atomic mass is 9.98. The molecule has 0 radical (unpaired) electrons. The largest absolute Gasteiger partial charge is 0.444 e. The van der Waals surface area contributed by atoms with Gasteiger partial charge in [-0.2, -0.15) is 4.98 Å². The number of amides is 1. The van der Waals surface area contributed by atoms with E-state index in [-0.39, 0.29) is 18.6 Å². The fourth-order valence-corrected chi connectivity index (χ4v) is 5.23. The molecule has 5 rings (SSSR count). The number of likely N-dealkylation sites (tertiary alicyclic amines) is 1. The molecule has 0 spiro atoms. The second-order valence-corrected chi connectivity index (χ2v) is 11.5. The van der Waals surface area contributed by atoms with Gasteiger partial charge in [-0.3, -0.25) is 0 Å². The van der Waals surface area contributed by atoms with Crippen molar-refractivity contribution < 1.29 is 18.3 Å². The Balaban J connectivity index is 1.45. The Labute approximate surface area is 237 Å². The Morgan fingerprint density at radius 2 is 1.95 bits per heavy atom. The van der Waals surface area contributed by atoms with Crippen molar-refractivity contribution in [3.63, 3.8) is 0 Å². The fourth-order valence-electron chi connectivity index (χ4n) is 5.00. The lowest BCUT2D eigenvalue weighted by Gasteiger charge is -2.34. The van der Waals surface area contributed by atoms with Crippen LogP contribution in [0.15, 0.2) is 54.7 Å². The van der Waals surface area contributed by atoms with Crippen LogP contribution in [-0.4, -0.2) is 44.2 Å². The molecule has 4 aromatic rings. The molecule has 0 aliphatic carbocycles. The molecule has 1 amide bonds. The number of halogens is 3. The van der Waals surface area contributed by atoms with Crippen LogP contribution in [0.3, 0.4) is 0 Å². The van der Waals surface area contributed by atoms with Crippen LogP contribution in [0.2, 0.25) is 5.02 Å². The first-order valence-corrected chi connectivity index (χ1v) is 13.7. The number of fused-ring (bicyclic) bond motifs is 1. The number of piperidine rings is 1. The quantitative estimate of drug-likeness (QED) is 0.265. The van der Waals surface area contributed by atoms with E-state index in [1.165, 1.54) is 6.07 Å². The molecule has 0 bridgehead atoms. The molecule has 1 aliphatic rings. The monoisotopic (exact) mass is 567 g/mol. The topological polar surface area (TPSA) is 72.3 Å². The number of aromatic nitrogens is 3. The predicted molar refractivity (Wildman–Crippen MR) is 152 cm³/mol. The number of anilines is 1. The van der Waals surface area contributed by atoms with Gasteiger partial charge in [0.05, 0.1) is 5.69 Å². The zero-order valence-electron chi connectivity index (χ0n) is 22.8. The normalized spacial score (nSPS) is 15.8. The summed E-state index contributed by atoms with van der Waals surface area (Å²) in [6, 6.07) is 13.4. The van der Waals surface area contributed by atoms with Crippen molar-refractivity contribution in [2.24, 2.45) is 5.92 Å². The third-order valence-electron chi connectivity index (χ3n) is 6.83. The van der Waals surface area contributed by atoms with Crippen molar-refractivity contribution >= 4 is 34.7 Å². The van der Waals surface area contributed by atoms with Crippen LogP contribution < -0.4 is 5.32 Å². The van der Waals surface area contributed by atoms with Crippen LogP contribution in [0.1, 0.15) is 39.2 Å². The molecule has 1 N–H and O–H groups in total. The SMILES string of the molecule is CC(C)(C)OC(=O)N1CCC[C@H](Cn2c(-c3ccccc3Cl)cc3cnc(NCc4ccc(F)c(F)c4)nc32)C1. The Kier molecular flexibility index (Phi) is 7.94. The van der Waals surface area contributed by atoms with E-state index < -0.39 is 17.2 Å². The van der Waals surface area contributed by atoms with Gasteiger partial charge in [0.1, 0.15) is 11.2 Å². The van der Waals surface area contributed by atoms with Gasteiger partial charge in [-0.25, -0.2) is 18.6 Å². The van der Waals surface area contributed by atoms with Gasteiger partial charge in [-0.1, -0.05) is 35.9 Å². The standard InChI is InChI=1S/C30H32ClF2N5O2/c1-30(2,3)40-29(39)37-12-6-7-20(17-37)18-38-26(22-8-4-5-9-23(22)31)14-21-16-35-28(36-27(21)38)34-15-19-10-11-24(32)25(33)13-19/h4-5,8-11,13-14,16,20H,6-7,12,15,17-18H2,1-3H3,(H,34,35,36)/t20-/m0/s1. The van der Waals surface area contributed by atoms with E-state index in [0.29, 0.717) is 41.8 Å². The van der Waals surface area contributed by atoms with Crippen LogP contribution >= 0.6 is 11.6 Å². The van der Waals surface area contributed by atoms with E-state index in [9.17, 15) is 13.6 Å². The summed E-state index contributed by atoms with van der Waals surface area (Å²) in [6.45, 7) is 7.68.